The number of aromatic nitrogens is 4. The highest BCUT2D eigenvalue weighted by atomic mass is 32.2. The fraction of sp³-hybridized carbons (Fsp3) is 0.200. The molecule has 0 atom stereocenters. The first-order valence-electron chi connectivity index (χ1n) is 4.70. The first-order chi connectivity index (χ1) is 7.66. The average molecular weight is 234 g/mol. The predicted octanol–water partition coefficient (Wildman–Crippen LogP) is 1.61. The molecule has 0 spiro atoms. The van der Waals surface area contributed by atoms with Gasteiger partial charge in [0, 0.05) is 6.92 Å². The van der Waals surface area contributed by atoms with Crippen molar-refractivity contribution in [1.29, 1.82) is 0 Å². The molecule has 1 aromatic carbocycles. The molecule has 0 saturated heterocycles. The summed E-state index contributed by atoms with van der Waals surface area (Å²) >= 11 is 1.02. The fourth-order valence-electron chi connectivity index (χ4n) is 1.22. The number of nitrogens with zero attached hydrogens (tertiary/aromatic N) is 4. The Labute approximate surface area is 96.9 Å². The lowest BCUT2D eigenvalue weighted by molar-refractivity contribution is -0.109. The zero-order valence-corrected chi connectivity index (χ0v) is 9.73. The van der Waals surface area contributed by atoms with Gasteiger partial charge in [0.05, 0.1) is 5.69 Å². The Morgan fingerprint density at radius 2 is 2.00 bits per heavy atom. The second kappa shape index (κ2) is 4.44. The first-order valence-corrected chi connectivity index (χ1v) is 5.52. The van der Waals surface area contributed by atoms with E-state index in [4.69, 9.17) is 0 Å². The highest BCUT2D eigenvalue weighted by Gasteiger charge is 2.10. The van der Waals surface area contributed by atoms with E-state index in [1.54, 1.807) is 4.68 Å². The second-order valence-electron chi connectivity index (χ2n) is 3.30. The number of rotatable bonds is 2. The van der Waals surface area contributed by atoms with Crippen LogP contribution in [0, 0.1) is 6.92 Å². The molecule has 2 rings (SSSR count). The SMILES string of the molecule is CC(=O)Sc1nnnn1-c1ccc(C)cc1. The van der Waals surface area contributed by atoms with Crippen LogP contribution in [0.5, 0.6) is 0 Å². The fourth-order valence-corrected chi connectivity index (χ4v) is 1.78. The maximum Gasteiger partial charge on any atom is 0.221 e. The predicted molar refractivity (Wildman–Crippen MR) is 60.4 cm³/mol. The summed E-state index contributed by atoms with van der Waals surface area (Å²) in [5.41, 5.74) is 2.01. The van der Waals surface area contributed by atoms with Crippen LogP contribution in [-0.2, 0) is 4.79 Å². The summed E-state index contributed by atoms with van der Waals surface area (Å²) in [6.45, 7) is 3.49. The largest absolute Gasteiger partial charge is 0.287 e. The molecule has 16 heavy (non-hydrogen) atoms. The Hall–Kier alpha value is -1.69. The molecule has 5 nitrogen and oxygen atoms in total. The molecule has 0 aliphatic rings. The third-order valence-electron chi connectivity index (χ3n) is 1.95. The second-order valence-corrected chi connectivity index (χ2v) is 4.45. The minimum Gasteiger partial charge on any atom is -0.287 e. The number of carbonyl (C=O) groups is 1. The number of tetrazole rings is 1. The summed E-state index contributed by atoms with van der Waals surface area (Å²) in [7, 11) is 0. The maximum absolute atomic E-state index is 11.0. The van der Waals surface area contributed by atoms with Gasteiger partial charge in [-0.1, -0.05) is 17.7 Å². The highest BCUT2D eigenvalue weighted by Crippen LogP contribution is 2.18. The van der Waals surface area contributed by atoms with Gasteiger partial charge >= 0.3 is 0 Å². The lowest BCUT2D eigenvalue weighted by Crippen LogP contribution is -1.99. The lowest BCUT2D eigenvalue weighted by Gasteiger charge is -2.02. The summed E-state index contributed by atoms with van der Waals surface area (Å²) < 4.78 is 1.55. The van der Waals surface area contributed by atoms with Crippen molar-refractivity contribution in [1.82, 2.24) is 20.2 Å². The highest BCUT2D eigenvalue weighted by molar-refractivity contribution is 8.13. The third-order valence-corrected chi connectivity index (χ3v) is 2.68. The van der Waals surface area contributed by atoms with Crippen LogP contribution in [0.1, 0.15) is 12.5 Å². The van der Waals surface area contributed by atoms with Crippen molar-refractivity contribution >= 4 is 16.9 Å². The van der Waals surface area contributed by atoms with E-state index >= 15 is 0 Å². The Bertz CT molecular complexity index is 506. The van der Waals surface area contributed by atoms with E-state index in [1.165, 1.54) is 6.92 Å². The van der Waals surface area contributed by atoms with Crippen molar-refractivity contribution in [2.24, 2.45) is 0 Å². The quantitative estimate of drug-likeness (QED) is 0.739. The molecule has 0 bridgehead atoms. The molecule has 2 aromatic rings. The van der Waals surface area contributed by atoms with Crippen molar-refractivity contribution in [2.75, 3.05) is 0 Å². The van der Waals surface area contributed by atoms with E-state index < -0.39 is 0 Å². The van der Waals surface area contributed by atoms with Crippen LogP contribution in [0.25, 0.3) is 5.69 Å². The molecule has 6 heteroatoms. The van der Waals surface area contributed by atoms with Crippen LogP contribution in [-0.4, -0.2) is 25.3 Å². The van der Waals surface area contributed by atoms with Gasteiger partial charge in [-0.05, 0) is 41.2 Å². The number of benzene rings is 1. The molecular formula is C10H10N4OS. The molecule has 0 fully saturated rings. The molecule has 0 N–H and O–H groups in total. The number of carbonyl (C=O) groups excluding carboxylic acids is 1. The van der Waals surface area contributed by atoms with E-state index in [1.807, 2.05) is 31.2 Å². The Morgan fingerprint density at radius 3 is 2.62 bits per heavy atom. The van der Waals surface area contributed by atoms with Crippen LogP contribution >= 0.6 is 11.8 Å². The van der Waals surface area contributed by atoms with Crippen molar-refractivity contribution in [3.8, 4) is 5.69 Å². The molecule has 0 aliphatic carbocycles. The maximum atomic E-state index is 11.0. The first kappa shape index (κ1) is 10.8. The van der Waals surface area contributed by atoms with Crippen molar-refractivity contribution in [3.63, 3.8) is 0 Å². The zero-order valence-electron chi connectivity index (χ0n) is 8.91. The molecular weight excluding hydrogens is 224 g/mol. The van der Waals surface area contributed by atoms with Crippen molar-refractivity contribution in [3.05, 3.63) is 29.8 Å². The van der Waals surface area contributed by atoms with Gasteiger partial charge < -0.3 is 0 Å². The smallest absolute Gasteiger partial charge is 0.221 e. The minimum absolute atomic E-state index is 0.0387. The molecule has 1 aromatic heterocycles. The van der Waals surface area contributed by atoms with Gasteiger partial charge in [0.25, 0.3) is 0 Å². The normalized spacial score (nSPS) is 10.4. The van der Waals surface area contributed by atoms with Crippen molar-refractivity contribution < 1.29 is 4.79 Å². The van der Waals surface area contributed by atoms with Crippen LogP contribution in [0.15, 0.2) is 29.4 Å². The van der Waals surface area contributed by atoms with Gasteiger partial charge in [-0.2, -0.15) is 4.68 Å². The molecule has 1 heterocycles. The summed E-state index contributed by atoms with van der Waals surface area (Å²) in [5, 5.41) is 11.7. The van der Waals surface area contributed by atoms with Gasteiger partial charge in [-0.25, -0.2) is 0 Å². The van der Waals surface area contributed by atoms with E-state index in [0.29, 0.717) is 5.16 Å². The van der Waals surface area contributed by atoms with Crippen LogP contribution in [0.4, 0.5) is 0 Å². The number of hydrogen-bond acceptors (Lipinski definition) is 5. The Morgan fingerprint density at radius 1 is 1.31 bits per heavy atom. The molecule has 0 saturated carbocycles. The Kier molecular flexibility index (Phi) is 3.00. The van der Waals surface area contributed by atoms with E-state index in [9.17, 15) is 4.79 Å². The third kappa shape index (κ3) is 2.27. The van der Waals surface area contributed by atoms with Gasteiger partial charge in [0.2, 0.25) is 5.16 Å². The van der Waals surface area contributed by atoms with Crippen LogP contribution in [0.2, 0.25) is 0 Å². The molecule has 0 aliphatic heterocycles. The summed E-state index contributed by atoms with van der Waals surface area (Å²) in [4.78, 5) is 11.0. The van der Waals surface area contributed by atoms with Gasteiger partial charge in [-0.3, -0.25) is 4.79 Å². The van der Waals surface area contributed by atoms with Gasteiger partial charge in [-0.15, -0.1) is 5.10 Å². The van der Waals surface area contributed by atoms with Crippen LogP contribution < -0.4 is 0 Å². The summed E-state index contributed by atoms with van der Waals surface area (Å²) in [6, 6.07) is 7.77. The van der Waals surface area contributed by atoms with E-state index in [2.05, 4.69) is 15.5 Å². The Balaban J connectivity index is 2.36. The van der Waals surface area contributed by atoms with E-state index in [0.717, 1.165) is 23.0 Å². The standard InChI is InChI=1S/C10H10N4OS/c1-7-3-5-9(6-4-7)14-10(11-12-13-14)16-8(2)15/h3-6H,1-2H3. The molecule has 0 unspecified atom stereocenters. The lowest BCUT2D eigenvalue weighted by atomic mass is 10.2. The summed E-state index contributed by atoms with van der Waals surface area (Å²) in [5.74, 6) is 0. The van der Waals surface area contributed by atoms with E-state index in [-0.39, 0.29) is 5.12 Å². The monoisotopic (exact) mass is 234 g/mol. The number of thioether (sulfide) groups is 1. The zero-order chi connectivity index (χ0) is 11.5. The van der Waals surface area contributed by atoms with Crippen molar-refractivity contribution in [2.45, 2.75) is 19.0 Å². The van der Waals surface area contributed by atoms with Crippen LogP contribution in [0.3, 0.4) is 0 Å². The van der Waals surface area contributed by atoms with Gasteiger partial charge in [0.1, 0.15) is 0 Å². The average Bonchev–Trinajstić information content (AvgIpc) is 2.66. The molecule has 82 valence electrons. The number of hydrogen-bond donors (Lipinski definition) is 0. The molecule has 0 amide bonds. The summed E-state index contributed by atoms with van der Waals surface area (Å²) in [6.07, 6.45) is 0. The number of aryl methyl sites for hydroxylation is 1. The van der Waals surface area contributed by atoms with Gasteiger partial charge in [0.15, 0.2) is 5.12 Å². The topological polar surface area (TPSA) is 60.7 Å². The minimum atomic E-state index is -0.0387. The molecule has 0 radical (unpaired) electrons.